The summed E-state index contributed by atoms with van der Waals surface area (Å²) in [6.45, 7) is 3.14. The molecule has 0 radical (unpaired) electrons. The maximum atomic E-state index is 12.0. The largest absolute Gasteiger partial charge is 0.480 e. The second-order valence-electron chi connectivity index (χ2n) is 4.50. The van der Waals surface area contributed by atoms with Gasteiger partial charge in [-0.1, -0.05) is 18.1 Å². The maximum Gasteiger partial charge on any atom is 0.329 e. The number of hydrogen-bond acceptors (Lipinski definition) is 5. The van der Waals surface area contributed by atoms with E-state index in [9.17, 15) is 9.59 Å². The van der Waals surface area contributed by atoms with Crippen LogP contribution in [-0.4, -0.2) is 27.7 Å². The van der Waals surface area contributed by atoms with Crippen LogP contribution < -0.4 is 5.32 Å². The third-order valence-corrected chi connectivity index (χ3v) is 3.96. The Bertz CT molecular complexity index is 620. The van der Waals surface area contributed by atoms with E-state index in [-0.39, 0.29) is 12.1 Å². The third kappa shape index (κ3) is 2.72. The first kappa shape index (κ1) is 14.3. The van der Waals surface area contributed by atoms with Gasteiger partial charge in [-0.3, -0.25) is 4.79 Å². The normalized spacial score (nSPS) is 13.7. The average Bonchev–Trinajstić information content (AvgIpc) is 3.08. The molecule has 2 rings (SSSR count). The zero-order valence-electron chi connectivity index (χ0n) is 11.0. The second kappa shape index (κ2) is 5.46. The van der Waals surface area contributed by atoms with Gasteiger partial charge in [0.05, 0.1) is 4.88 Å². The predicted octanol–water partition coefficient (Wildman–Crippen LogP) is 2.39. The van der Waals surface area contributed by atoms with Crippen molar-refractivity contribution in [2.24, 2.45) is 0 Å². The molecule has 0 spiro atoms. The van der Waals surface area contributed by atoms with Crippen molar-refractivity contribution in [2.45, 2.75) is 25.8 Å². The van der Waals surface area contributed by atoms with Gasteiger partial charge in [0, 0.05) is 6.07 Å². The van der Waals surface area contributed by atoms with Crippen LogP contribution >= 0.6 is 11.3 Å². The topological polar surface area (TPSA) is 92.4 Å². The average molecular weight is 294 g/mol. The molecule has 0 aliphatic heterocycles. The van der Waals surface area contributed by atoms with Crippen LogP contribution in [0.15, 0.2) is 28.1 Å². The Hall–Kier alpha value is -2.15. The number of amides is 1. The number of carboxylic acids is 1. The Labute approximate surface area is 119 Å². The van der Waals surface area contributed by atoms with Gasteiger partial charge in [-0.2, -0.15) is 0 Å². The molecule has 2 N–H and O–H groups in total. The first-order valence-corrected chi connectivity index (χ1v) is 6.90. The van der Waals surface area contributed by atoms with Crippen molar-refractivity contribution in [1.82, 2.24) is 10.5 Å². The Morgan fingerprint density at radius 3 is 2.85 bits per heavy atom. The molecular formula is C13H14N2O4S. The molecule has 7 heteroatoms. The van der Waals surface area contributed by atoms with Gasteiger partial charge in [0.15, 0.2) is 11.5 Å². The van der Waals surface area contributed by atoms with Crippen molar-refractivity contribution in [3.05, 3.63) is 29.3 Å². The molecule has 2 heterocycles. The summed E-state index contributed by atoms with van der Waals surface area (Å²) in [5.41, 5.74) is -1.26. The first-order valence-electron chi connectivity index (χ1n) is 6.03. The number of rotatable bonds is 5. The Morgan fingerprint density at radius 1 is 1.55 bits per heavy atom. The van der Waals surface area contributed by atoms with Crippen molar-refractivity contribution in [1.29, 1.82) is 0 Å². The van der Waals surface area contributed by atoms with Gasteiger partial charge in [-0.25, -0.2) is 4.79 Å². The van der Waals surface area contributed by atoms with E-state index in [0.29, 0.717) is 5.76 Å². The zero-order chi connectivity index (χ0) is 14.8. The molecule has 0 saturated carbocycles. The minimum absolute atomic E-state index is 0.0642. The van der Waals surface area contributed by atoms with Crippen LogP contribution in [0.5, 0.6) is 0 Å². The van der Waals surface area contributed by atoms with Gasteiger partial charge in [-0.15, -0.1) is 11.3 Å². The lowest BCUT2D eigenvalue weighted by atomic mass is 9.99. The number of nitrogens with one attached hydrogen (secondary N) is 1. The molecule has 106 valence electrons. The van der Waals surface area contributed by atoms with Crippen LogP contribution in [0.4, 0.5) is 0 Å². The lowest BCUT2D eigenvalue weighted by Crippen LogP contribution is -2.51. The van der Waals surface area contributed by atoms with Crippen molar-refractivity contribution in [3.8, 4) is 10.6 Å². The van der Waals surface area contributed by atoms with E-state index in [1.54, 1.807) is 6.92 Å². The standard InChI is InChI=1S/C13H14N2O4S/c1-3-13(2,12(17)18)14-11(16)8-7-9(19-15-8)10-5-4-6-20-10/h4-7H,3H2,1-2H3,(H,14,16)(H,17,18). The lowest BCUT2D eigenvalue weighted by Gasteiger charge is -2.23. The summed E-state index contributed by atoms with van der Waals surface area (Å²) in [5.74, 6) is -1.17. The van der Waals surface area contributed by atoms with Crippen LogP contribution in [0.1, 0.15) is 30.8 Å². The highest BCUT2D eigenvalue weighted by atomic mass is 32.1. The van der Waals surface area contributed by atoms with Crippen LogP contribution in [0.3, 0.4) is 0 Å². The van der Waals surface area contributed by atoms with E-state index >= 15 is 0 Å². The van der Waals surface area contributed by atoms with E-state index in [1.165, 1.54) is 24.3 Å². The van der Waals surface area contributed by atoms with E-state index in [2.05, 4.69) is 10.5 Å². The maximum absolute atomic E-state index is 12.0. The minimum atomic E-state index is -1.32. The summed E-state index contributed by atoms with van der Waals surface area (Å²) in [6, 6.07) is 5.21. The molecule has 0 fully saturated rings. The van der Waals surface area contributed by atoms with Gasteiger partial charge < -0.3 is 14.9 Å². The third-order valence-electron chi connectivity index (χ3n) is 3.08. The number of hydrogen-bond donors (Lipinski definition) is 2. The Morgan fingerprint density at radius 2 is 2.30 bits per heavy atom. The fourth-order valence-electron chi connectivity index (χ4n) is 1.52. The second-order valence-corrected chi connectivity index (χ2v) is 5.45. The number of aliphatic carboxylic acids is 1. The number of carboxylic acid groups (broad SMARTS) is 1. The minimum Gasteiger partial charge on any atom is -0.480 e. The molecule has 1 amide bonds. The summed E-state index contributed by atoms with van der Waals surface area (Å²) in [7, 11) is 0. The summed E-state index contributed by atoms with van der Waals surface area (Å²) >= 11 is 1.46. The fraction of sp³-hybridized carbons (Fsp3) is 0.308. The fourth-order valence-corrected chi connectivity index (χ4v) is 2.20. The molecule has 6 nitrogen and oxygen atoms in total. The summed E-state index contributed by atoms with van der Waals surface area (Å²) < 4.78 is 5.09. The van der Waals surface area contributed by atoms with Gasteiger partial charge >= 0.3 is 5.97 Å². The molecule has 0 aliphatic rings. The van der Waals surface area contributed by atoms with Gasteiger partial charge in [0.25, 0.3) is 5.91 Å². The van der Waals surface area contributed by atoms with Gasteiger partial charge in [0.1, 0.15) is 5.54 Å². The number of aromatic nitrogens is 1. The van der Waals surface area contributed by atoms with E-state index < -0.39 is 17.4 Å². The molecule has 0 aliphatic carbocycles. The smallest absolute Gasteiger partial charge is 0.329 e. The Kier molecular flexibility index (Phi) is 3.89. The molecule has 1 atom stereocenters. The van der Waals surface area contributed by atoms with Crippen molar-refractivity contribution < 1.29 is 19.2 Å². The summed E-state index contributed by atoms with van der Waals surface area (Å²) in [5, 5.41) is 17.1. The van der Waals surface area contributed by atoms with Crippen molar-refractivity contribution in [3.63, 3.8) is 0 Å². The predicted molar refractivity (Wildman–Crippen MR) is 73.6 cm³/mol. The van der Waals surface area contributed by atoms with E-state index in [4.69, 9.17) is 9.63 Å². The lowest BCUT2D eigenvalue weighted by molar-refractivity contribution is -0.143. The van der Waals surface area contributed by atoms with Gasteiger partial charge in [0.2, 0.25) is 0 Å². The SMILES string of the molecule is CCC(C)(NC(=O)c1cc(-c2cccs2)on1)C(=O)O. The van der Waals surface area contributed by atoms with E-state index in [1.807, 2.05) is 17.5 Å². The number of carbonyl (C=O) groups is 2. The number of thiophene rings is 1. The van der Waals surface area contributed by atoms with Gasteiger partial charge in [-0.05, 0) is 24.8 Å². The highest BCUT2D eigenvalue weighted by Gasteiger charge is 2.33. The zero-order valence-corrected chi connectivity index (χ0v) is 11.9. The van der Waals surface area contributed by atoms with Crippen molar-refractivity contribution in [2.75, 3.05) is 0 Å². The molecule has 0 aromatic carbocycles. The van der Waals surface area contributed by atoms with E-state index in [0.717, 1.165) is 4.88 Å². The van der Waals surface area contributed by atoms with Crippen LogP contribution in [-0.2, 0) is 4.79 Å². The molecule has 20 heavy (non-hydrogen) atoms. The first-order chi connectivity index (χ1) is 9.46. The summed E-state index contributed by atoms with van der Waals surface area (Å²) in [4.78, 5) is 24.0. The highest BCUT2D eigenvalue weighted by Crippen LogP contribution is 2.25. The molecule has 2 aromatic heterocycles. The molecule has 2 aromatic rings. The van der Waals surface area contributed by atoms with Crippen LogP contribution in [0, 0.1) is 0 Å². The highest BCUT2D eigenvalue weighted by molar-refractivity contribution is 7.13. The number of carbonyl (C=O) groups excluding carboxylic acids is 1. The monoisotopic (exact) mass is 294 g/mol. The number of nitrogens with zero attached hydrogens (tertiary/aromatic N) is 1. The molecule has 1 unspecified atom stereocenters. The Balaban J connectivity index is 2.16. The molecule has 0 saturated heterocycles. The quantitative estimate of drug-likeness (QED) is 0.883. The van der Waals surface area contributed by atoms with Crippen LogP contribution in [0.25, 0.3) is 10.6 Å². The molecule has 0 bridgehead atoms. The molecular weight excluding hydrogens is 280 g/mol. The summed E-state index contributed by atoms with van der Waals surface area (Å²) in [6.07, 6.45) is 0.268. The van der Waals surface area contributed by atoms with Crippen molar-refractivity contribution >= 4 is 23.2 Å². The van der Waals surface area contributed by atoms with Crippen LogP contribution in [0.2, 0.25) is 0 Å².